The van der Waals surface area contributed by atoms with Crippen LogP contribution in [-0.2, 0) is 6.54 Å². The second kappa shape index (κ2) is 6.46. The average Bonchev–Trinajstić information content (AvgIpc) is 2.75. The molecule has 1 heterocycles. The van der Waals surface area contributed by atoms with E-state index < -0.39 is 6.43 Å². The molecule has 0 aliphatic rings. The zero-order chi connectivity index (χ0) is 14.7. The molecule has 1 aromatic heterocycles. The number of aryl methyl sites for hydroxylation is 2. The minimum Gasteiger partial charge on any atom is -0.306 e. The Hall–Kier alpha value is -1.26. The second-order valence-corrected chi connectivity index (χ2v) is 6.47. The maximum Gasteiger partial charge on any atom is 0.263 e. The van der Waals surface area contributed by atoms with Crippen LogP contribution in [0.3, 0.4) is 0 Å². The van der Waals surface area contributed by atoms with Gasteiger partial charge in [-0.1, -0.05) is 24.3 Å². The highest BCUT2D eigenvalue weighted by Gasteiger charge is 2.11. The van der Waals surface area contributed by atoms with E-state index in [1.54, 1.807) is 23.5 Å². The lowest BCUT2D eigenvalue weighted by molar-refractivity contribution is 0.151. The number of hydrogen-bond acceptors (Lipinski definition) is 2. The fourth-order valence-electron chi connectivity index (χ4n) is 2.24. The van der Waals surface area contributed by atoms with E-state index in [9.17, 15) is 8.78 Å². The van der Waals surface area contributed by atoms with Gasteiger partial charge in [-0.3, -0.25) is 0 Å². The maximum atomic E-state index is 12.5. The normalized spacial score (nSPS) is 12.9. The summed E-state index contributed by atoms with van der Waals surface area (Å²) in [4.78, 5) is 2.64. The third-order valence-corrected chi connectivity index (χ3v) is 4.37. The number of benzene rings is 1. The van der Waals surface area contributed by atoms with Crippen LogP contribution < -0.4 is 5.32 Å². The van der Waals surface area contributed by atoms with Crippen molar-refractivity contribution in [2.24, 2.45) is 0 Å². The van der Waals surface area contributed by atoms with Gasteiger partial charge in [0.15, 0.2) is 0 Å². The van der Waals surface area contributed by atoms with E-state index in [-0.39, 0.29) is 11.6 Å². The van der Waals surface area contributed by atoms with Crippen molar-refractivity contribution in [2.75, 3.05) is 0 Å². The van der Waals surface area contributed by atoms with E-state index >= 15 is 0 Å². The summed E-state index contributed by atoms with van der Waals surface area (Å²) in [5.74, 6) is 0. The van der Waals surface area contributed by atoms with Crippen LogP contribution in [0.2, 0.25) is 0 Å². The molecule has 1 atom stereocenters. The van der Waals surface area contributed by atoms with Gasteiger partial charge >= 0.3 is 0 Å². The molecular formula is C16H19F2NS. The zero-order valence-electron chi connectivity index (χ0n) is 11.9. The van der Waals surface area contributed by atoms with Gasteiger partial charge in [-0.15, -0.1) is 11.3 Å². The van der Waals surface area contributed by atoms with E-state index in [0.717, 1.165) is 5.56 Å². The fourth-order valence-corrected chi connectivity index (χ4v) is 3.26. The van der Waals surface area contributed by atoms with Crippen molar-refractivity contribution >= 4 is 11.3 Å². The first-order valence-corrected chi connectivity index (χ1v) is 7.46. The zero-order valence-corrected chi connectivity index (χ0v) is 12.7. The second-order valence-electron chi connectivity index (χ2n) is 5.01. The molecule has 2 rings (SSSR count). The van der Waals surface area contributed by atoms with Crippen LogP contribution in [0.4, 0.5) is 8.78 Å². The Morgan fingerprint density at radius 3 is 2.30 bits per heavy atom. The third-order valence-electron chi connectivity index (χ3n) is 3.39. The molecule has 108 valence electrons. The van der Waals surface area contributed by atoms with Crippen LogP contribution in [0.5, 0.6) is 0 Å². The van der Waals surface area contributed by atoms with Crippen LogP contribution >= 0.6 is 11.3 Å². The van der Waals surface area contributed by atoms with Crippen LogP contribution in [-0.4, -0.2) is 0 Å². The molecule has 0 aliphatic heterocycles. The van der Waals surface area contributed by atoms with E-state index in [4.69, 9.17) is 0 Å². The monoisotopic (exact) mass is 295 g/mol. The molecule has 0 aliphatic carbocycles. The quantitative estimate of drug-likeness (QED) is 0.804. The standard InChI is InChI=1S/C16H19F2NS/c1-10-8-15(12(3)20-10)11(2)19-9-13-4-6-14(7-5-13)16(17)18/h4-8,11,16,19H,9H2,1-3H3. The summed E-state index contributed by atoms with van der Waals surface area (Å²) in [6.07, 6.45) is -2.40. The average molecular weight is 295 g/mol. The number of hydrogen-bond donors (Lipinski definition) is 1. The van der Waals surface area contributed by atoms with Gasteiger partial charge in [-0.2, -0.15) is 0 Å². The minimum atomic E-state index is -2.40. The molecule has 0 bridgehead atoms. The number of rotatable bonds is 5. The van der Waals surface area contributed by atoms with Crippen molar-refractivity contribution in [2.45, 2.75) is 39.8 Å². The Balaban J connectivity index is 1.96. The first-order chi connectivity index (χ1) is 9.47. The Labute approximate surface area is 122 Å². The van der Waals surface area contributed by atoms with Crippen molar-refractivity contribution in [3.8, 4) is 0 Å². The summed E-state index contributed by atoms with van der Waals surface area (Å²) in [5.41, 5.74) is 2.41. The summed E-state index contributed by atoms with van der Waals surface area (Å²) in [5, 5.41) is 3.44. The smallest absolute Gasteiger partial charge is 0.263 e. The minimum absolute atomic E-state index is 0.0751. The molecule has 0 radical (unpaired) electrons. The van der Waals surface area contributed by atoms with Gasteiger partial charge in [0.05, 0.1) is 0 Å². The first kappa shape index (κ1) is 15.1. The van der Waals surface area contributed by atoms with Crippen LogP contribution in [0.1, 0.15) is 45.8 Å². The Morgan fingerprint density at radius 1 is 1.15 bits per heavy atom. The largest absolute Gasteiger partial charge is 0.306 e. The van der Waals surface area contributed by atoms with Gasteiger partial charge in [0.2, 0.25) is 0 Å². The van der Waals surface area contributed by atoms with Crippen LogP contribution in [0, 0.1) is 13.8 Å². The molecule has 20 heavy (non-hydrogen) atoms. The van der Waals surface area contributed by atoms with Crippen LogP contribution in [0.15, 0.2) is 30.3 Å². The number of halogens is 2. The molecule has 0 fully saturated rings. The Kier molecular flexibility index (Phi) is 4.89. The van der Waals surface area contributed by atoms with Gasteiger partial charge in [-0.25, -0.2) is 8.78 Å². The lowest BCUT2D eigenvalue weighted by atomic mass is 10.1. The van der Waals surface area contributed by atoms with Gasteiger partial charge < -0.3 is 5.32 Å². The number of thiophene rings is 1. The summed E-state index contributed by atoms with van der Waals surface area (Å²) < 4.78 is 24.9. The highest BCUT2D eigenvalue weighted by Crippen LogP contribution is 2.26. The molecule has 0 saturated heterocycles. The highest BCUT2D eigenvalue weighted by molar-refractivity contribution is 7.12. The predicted molar refractivity (Wildman–Crippen MR) is 80.4 cm³/mol. The van der Waals surface area contributed by atoms with Crippen molar-refractivity contribution < 1.29 is 8.78 Å². The predicted octanol–water partition coefficient (Wildman–Crippen LogP) is 5.15. The summed E-state index contributed by atoms with van der Waals surface area (Å²) in [7, 11) is 0. The molecule has 0 saturated carbocycles. The molecule has 2 aromatic rings. The van der Waals surface area contributed by atoms with Crippen molar-refractivity contribution in [3.05, 3.63) is 56.8 Å². The van der Waals surface area contributed by atoms with Crippen molar-refractivity contribution in [3.63, 3.8) is 0 Å². The lowest BCUT2D eigenvalue weighted by Crippen LogP contribution is -2.18. The molecule has 1 nitrogen and oxygen atoms in total. The van der Waals surface area contributed by atoms with E-state index in [1.165, 1.54) is 27.5 Å². The van der Waals surface area contributed by atoms with Gasteiger partial charge in [0.25, 0.3) is 6.43 Å². The SMILES string of the molecule is Cc1cc(C(C)NCc2ccc(C(F)F)cc2)c(C)s1. The third kappa shape index (κ3) is 3.64. The summed E-state index contributed by atoms with van der Waals surface area (Å²) >= 11 is 1.80. The van der Waals surface area contributed by atoms with Crippen LogP contribution in [0.25, 0.3) is 0 Å². The Morgan fingerprint density at radius 2 is 1.80 bits per heavy atom. The first-order valence-electron chi connectivity index (χ1n) is 6.64. The highest BCUT2D eigenvalue weighted by atomic mass is 32.1. The lowest BCUT2D eigenvalue weighted by Gasteiger charge is -2.14. The number of nitrogens with one attached hydrogen (secondary N) is 1. The molecule has 1 aromatic carbocycles. The molecule has 4 heteroatoms. The maximum absolute atomic E-state index is 12.5. The molecule has 1 N–H and O–H groups in total. The molecule has 0 spiro atoms. The van der Waals surface area contributed by atoms with E-state index in [0.29, 0.717) is 6.54 Å². The topological polar surface area (TPSA) is 12.0 Å². The van der Waals surface area contributed by atoms with E-state index in [1.807, 2.05) is 0 Å². The summed E-state index contributed by atoms with van der Waals surface area (Å²) in [6.45, 7) is 7.04. The fraction of sp³-hybridized carbons (Fsp3) is 0.375. The Bertz CT molecular complexity index is 560. The molecular weight excluding hydrogens is 276 g/mol. The van der Waals surface area contributed by atoms with Gasteiger partial charge in [-0.05, 0) is 38.0 Å². The van der Waals surface area contributed by atoms with Gasteiger partial charge in [0.1, 0.15) is 0 Å². The summed E-state index contributed by atoms with van der Waals surface area (Å²) in [6, 6.07) is 8.96. The van der Waals surface area contributed by atoms with Crippen molar-refractivity contribution in [1.29, 1.82) is 0 Å². The van der Waals surface area contributed by atoms with Gasteiger partial charge in [0, 0.05) is 27.9 Å². The molecule has 0 amide bonds. The van der Waals surface area contributed by atoms with Crippen molar-refractivity contribution in [1.82, 2.24) is 5.32 Å². The number of alkyl halides is 2. The molecule has 1 unspecified atom stereocenters. The van der Waals surface area contributed by atoms with E-state index in [2.05, 4.69) is 32.2 Å².